The summed E-state index contributed by atoms with van der Waals surface area (Å²) in [7, 11) is 0. The van der Waals surface area contributed by atoms with Crippen molar-refractivity contribution in [3.05, 3.63) is 34.9 Å². The quantitative estimate of drug-likeness (QED) is 0.716. The van der Waals surface area contributed by atoms with Crippen molar-refractivity contribution in [1.29, 1.82) is 0 Å². The van der Waals surface area contributed by atoms with E-state index in [9.17, 15) is 18.0 Å². The summed E-state index contributed by atoms with van der Waals surface area (Å²) in [5.74, 6) is 0.504. The fourth-order valence-electron chi connectivity index (χ4n) is 2.78. The van der Waals surface area contributed by atoms with Crippen LogP contribution in [0.25, 0.3) is 0 Å². The van der Waals surface area contributed by atoms with Crippen LogP contribution in [-0.4, -0.2) is 5.78 Å². The molecule has 1 aromatic rings. The summed E-state index contributed by atoms with van der Waals surface area (Å²) in [6, 6.07) is 3.38. The first-order chi connectivity index (χ1) is 8.79. The Labute approximate surface area is 110 Å². The Kier molecular flexibility index (Phi) is 3.70. The first-order valence-electron chi connectivity index (χ1n) is 6.51. The van der Waals surface area contributed by atoms with Gasteiger partial charge in [0.2, 0.25) is 0 Å². The van der Waals surface area contributed by atoms with E-state index in [4.69, 9.17) is 0 Å². The molecule has 1 aliphatic carbocycles. The Morgan fingerprint density at radius 1 is 1.26 bits per heavy atom. The van der Waals surface area contributed by atoms with Crippen molar-refractivity contribution in [3.63, 3.8) is 0 Å². The zero-order valence-electron chi connectivity index (χ0n) is 11.1. The van der Waals surface area contributed by atoms with E-state index in [-0.39, 0.29) is 11.7 Å². The largest absolute Gasteiger partial charge is 0.416 e. The lowest BCUT2D eigenvalue weighted by Gasteiger charge is -2.13. The third-order valence-corrected chi connectivity index (χ3v) is 3.88. The van der Waals surface area contributed by atoms with Crippen molar-refractivity contribution < 1.29 is 18.0 Å². The number of carbonyl (C=O) groups excluding carboxylic acids is 1. The van der Waals surface area contributed by atoms with Gasteiger partial charge >= 0.3 is 6.18 Å². The predicted molar refractivity (Wildman–Crippen MR) is 67.0 cm³/mol. The van der Waals surface area contributed by atoms with Crippen LogP contribution in [0.15, 0.2) is 18.2 Å². The maximum atomic E-state index is 12.6. The highest BCUT2D eigenvalue weighted by Crippen LogP contribution is 2.35. The topological polar surface area (TPSA) is 17.1 Å². The molecule has 0 aromatic heterocycles. The molecule has 2 unspecified atom stereocenters. The summed E-state index contributed by atoms with van der Waals surface area (Å²) in [5.41, 5.74) is 0.160. The van der Waals surface area contributed by atoms with Crippen LogP contribution in [0.3, 0.4) is 0 Å². The van der Waals surface area contributed by atoms with Crippen molar-refractivity contribution in [2.45, 2.75) is 39.3 Å². The highest BCUT2D eigenvalue weighted by Gasteiger charge is 2.32. The van der Waals surface area contributed by atoms with Gasteiger partial charge in [-0.15, -0.1) is 0 Å². The van der Waals surface area contributed by atoms with Crippen molar-refractivity contribution in [2.24, 2.45) is 11.8 Å². The van der Waals surface area contributed by atoms with E-state index < -0.39 is 11.7 Å². The van der Waals surface area contributed by atoms with Crippen molar-refractivity contribution in [3.8, 4) is 0 Å². The Balaban J connectivity index is 2.24. The van der Waals surface area contributed by atoms with Gasteiger partial charge in [0, 0.05) is 11.5 Å². The second-order valence-electron chi connectivity index (χ2n) is 5.51. The highest BCUT2D eigenvalue weighted by molar-refractivity contribution is 5.99. The number of Topliss-reactive ketones (excluding diaryl/α,β-unsaturated/α-hetero) is 1. The molecule has 4 heteroatoms. The van der Waals surface area contributed by atoms with E-state index in [1.165, 1.54) is 6.07 Å². The van der Waals surface area contributed by atoms with Crippen molar-refractivity contribution >= 4 is 5.78 Å². The summed E-state index contributed by atoms with van der Waals surface area (Å²) in [4.78, 5) is 12.3. The van der Waals surface area contributed by atoms with Crippen LogP contribution >= 0.6 is 0 Å². The van der Waals surface area contributed by atoms with Gasteiger partial charge in [-0.25, -0.2) is 0 Å². The zero-order valence-corrected chi connectivity index (χ0v) is 11.1. The number of benzene rings is 1. The van der Waals surface area contributed by atoms with E-state index in [0.29, 0.717) is 17.0 Å². The third kappa shape index (κ3) is 2.99. The fourth-order valence-corrected chi connectivity index (χ4v) is 2.78. The Morgan fingerprint density at radius 3 is 2.42 bits per heavy atom. The molecular formula is C15H17F3O. The van der Waals surface area contributed by atoms with Crippen LogP contribution in [0.2, 0.25) is 0 Å². The lowest BCUT2D eigenvalue weighted by molar-refractivity contribution is -0.137. The Hall–Kier alpha value is -1.32. The van der Waals surface area contributed by atoms with Crippen molar-refractivity contribution in [1.82, 2.24) is 0 Å². The van der Waals surface area contributed by atoms with Gasteiger partial charge in [0.05, 0.1) is 5.56 Å². The molecule has 0 amide bonds. The third-order valence-electron chi connectivity index (χ3n) is 3.88. The molecule has 0 spiro atoms. The summed E-state index contributed by atoms with van der Waals surface area (Å²) >= 11 is 0. The predicted octanol–water partition coefficient (Wildman–Crippen LogP) is 4.63. The van der Waals surface area contributed by atoms with Gasteiger partial charge in [-0.05, 0) is 49.8 Å². The maximum absolute atomic E-state index is 12.6. The molecular weight excluding hydrogens is 253 g/mol. The number of alkyl halides is 3. The minimum Gasteiger partial charge on any atom is -0.294 e. The highest BCUT2D eigenvalue weighted by atomic mass is 19.4. The molecule has 1 fully saturated rings. The standard InChI is InChI=1S/C15H17F3O/c1-9-3-4-11(7-9)14(19)13-6-5-12(8-10(13)2)15(16,17)18/h5-6,8-9,11H,3-4,7H2,1-2H3. The van der Waals surface area contributed by atoms with Crippen LogP contribution in [0.1, 0.15) is 47.7 Å². The molecule has 2 rings (SSSR count). The minimum absolute atomic E-state index is 0.00410. The normalized spacial score (nSPS) is 23.6. The lowest BCUT2D eigenvalue weighted by Crippen LogP contribution is -2.14. The van der Waals surface area contributed by atoms with Gasteiger partial charge in [0.15, 0.2) is 5.78 Å². The average Bonchev–Trinajstić information content (AvgIpc) is 2.73. The van der Waals surface area contributed by atoms with Crippen LogP contribution in [0.4, 0.5) is 13.2 Å². The Morgan fingerprint density at radius 2 is 1.95 bits per heavy atom. The van der Waals surface area contributed by atoms with E-state index in [1.807, 2.05) is 0 Å². The molecule has 19 heavy (non-hydrogen) atoms. The Bertz CT molecular complexity index is 491. The molecule has 0 radical (unpaired) electrons. The second-order valence-corrected chi connectivity index (χ2v) is 5.51. The van der Waals surface area contributed by atoms with Crippen LogP contribution in [-0.2, 0) is 6.18 Å². The van der Waals surface area contributed by atoms with E-state index in [1.54, 1.807) is 6.92 Å². The lowest BCUT2D eigenvalue weighted by atomic mass is 9.92. The number of hydrogen-bond acceptors (Lipinski definition) is 1. The monoisotopic (exact) mass is 270 g/mol. The van der Waals surface area contributed by atoms with Gasteiger partial charge in [0.1, 0.15) is 0 Å². The molecule has 0 aliphatic heterocycles. The molecule has 0 saturated heterocycles. The van der Waals surface area contributed by atoms with Crippen LogP contribution < -0.4 is 0 Å². The number of rotatable bonds is 2. The second kappa shape index (κ2) is 4.99. The maximum Gasteiger partial charge on any atom is 0.416 e. The zero-order chi connectivity index (χ0) is 14.2. The molecule has 1 aliphatic rings. The smallest absolute Gasteiger partial charge is 0.294 e. The summed E-state index contributed by atoms with van der Waals surface area (Å²) in [6.45, 7) is 3.67. The SMILES string of the molecule is Cc1cc(C(F)(F)F)ccc1C(=O)C1CCC(C)C1. The average molecular weight is 270 g/mol. The number of halogens is 3. The van der Waals surface area contributed by atoms with E-state index >= 15 is 0 Å². The molecule has 104 valence electrons. The number of carbonyl (C=O) groups is 1. The molecule has 0 heterocycles. The number of hydrogen-bond donors (Lipinski definition) is 0. The van der Waals surface area contributed by atoms with Crippen molar-refractivity contribution in [2.75, 3.05) is 0 Å². The molecule has 1 aromatic carbocycles. The van der Waals surface area contributed by atoms with Gasteiger partial charge in [-0.1, -0.05) is 13.0 Å². The first-order valence-corrected chi connectivity index (χ1v) is 6.51. The van der Waals surface area contributed by atoms with Gasteiger partial charge < -0.3 is 0 Å². The number of ketones is 1. The van der Waals surface area contributed by atoms with Crippen LogP contribution in [0, 0.1) is 18.8 Å². The summed E-state index contributed by atoms with van der Waals surface area (Å²) in [5, 5.41) is 0. The number of aryl methyl sites for hydroxylation is 1. The van der Waals surface area contributed by atoms with E-state index in [2.05, 4.69) is 6.92 Å². The summed E-state index contributed by atoms with van der Waals surface area (Å²) in [6.07, 6.45) is -1.63. The molecule has 1 nitrogen and oxygen atoms in total. The van der Waals surface area contributed by atoms with Gasteiger partial charge in [-0.2, -0.15) is 13.2 Å². The van der Waals surface area contributed by atoms with E-state index in [0.717, 1.165) is 31.4 Å². The molecule has 0 N–H and O–H groups in total. The molecule has 1 saturated carbocycles. The fraction of sp³-hybridized carbons (Fsp3) is 0.533. The minimum atomic E-state index is -4.35. The first kappa shape index (κ1) is 14.1. The van der Waals surface area contributed by atoms with Crippen LogP contribution in [0.5, 0.6) is 0 Å². The molecule has 2 atom stereocenters. The van der Waals surface area contributed by atoms with Gasteiger partial charge in [-0.3, -0.25) is 4.79 Å². The van der Waals surface area contributed by atoms with Gasteiger partial charge in [0.25, 0.3) is 0 Å². The molecule has 0 bridgehead atoms. The summed E-state index contributed by atoms with van der Waals surface area (Å²) < 4.78 is 37.7.